The van der Waals surface area contributed by atoms with E-state index in [0.29, 0.717) is 5.58 Å². The molecule has 0 saturated carbocycles. The second kappa shape index (κ2) is 4.79. The first kappa shape index (κ1) is 12.9. The molecular weight excluding hydrogens is 322 g/mol. The van der Waals surface area contributed by atoms with Crippen LogP contribution >= 0.6 is 15.9 Å². The maximum Gasteiger partial charge on any atom is 0.419 e. The first-order valence-corrected chi connectivity index (χ1v) is 6.80. The Kier molecular flexibility index (Phi) is 3.10. The van der Waals surface area contributed by atoms with Crippen LogP contribution in [-0.2, 0) is 7.05 Å². The van der Waals surface area contributed by atoms with Gasteiger partial charge in [-0.25, -0.2) is 9.78 Å². The molecule has 0 amide bonds. The minimum absolute atomic E-state index is 0.360. The molecule has 102 valence electrons. The Bertz CT molecular complexity index is 821. The third-order valence-corrected chi connectivity index (χ3v) is 3.69. The largest absolute Gasteiger partial charge is 0.419 e. The maximum atomic E-state index is 11.5. The van der Waals surface area contributed by atoms with E-state index in [1.807, 2.05) is 42.3 Å². The summed E-state index contributed by atoms with van der Waals surface area (Å²) in [5, 5.41) is 0. The molecule has 0 spiro atoms. The van der Waals surface area contributed by atoms with Crippen LogP contribution in [0.3, 0.4) is 0 Å². The molecule has 0 saturated heterocycles. The average molecular weight is 334 g/mol. The number of hydrogen-bond donors (Lipinski definition) is 0. The molecule has 0 unspecified atom stereocenters. The predicted molar refractivity (Wildman–Crippen MR) is 81.5 cm³/mol. The normalized spacial score (nSPS) is 10.9. The van der Waals surface area contributed by atoms with Crippen molar-refractivity contribution < 1.29 is 4.42 Å². The number of halogens is 1. The van der Waals surface area contributed by atoms with Gasteiger partial charge in [-0.2, -0.15) is 0 Å². The molecule has 6 heteroatoms. The monoisotopic (exact) mass is 333 g/mol. The quantitative estimate of drug-likeness (QED) is 0.723. The van der Waals surface area contributed by atoms with Gasteiger partial charge in [-0.15, -0.1) is 0 Å². The summed E-state index contributed by atoms with van der Waals surface area (Å²) >= 11 is 3.36. The summed E-state index contributed by atoms with van der Waals surface area (Å²) in [5.41, 5.74) is 2.25. The van der Waals surface area contributed by atoms with Crippen molar-refractivity contribution in [2.75, 3.05) is 11.9 Å². The van der Waals surface area contributed by atoms with Gasteiger partial charge >= 0.3 is 5.76 Å². The Hall–Kier alpha value is -2.08. The Labute approximate surface area is 123 Å². The van der Waals surface area contributed by atoms with Crippen LogP contribution in [0.15, 0.2) is 50.2 Å². The standard InChI is InChI=1S/C14H12BrN3O2/c1-17(13-6-3-9(15)8-16-13)10-4-5-11-12(7-10)20-14(19)18(11)2/h3-8H,1-2H3. The summed E-state index contributed by atoms with van der Waals surface area (Å²) in [6.45, 7) is 0. The molecule has 2 aromatic heterocycles. The lowest BCUT2D eigenvalue weighted by atomic mass is 10.2. The molecule has 0 aliphatic heterocycles. The van der Waals surface area contributed by atoms with Gasteiger partial charge in [0.25, 0.3) is 0 Å². The highest BCUT2D eigenvalue weighted by Crippen LogP contribution is 2.26. The van der Waals surface area contributed by atoms with Gasteiger partial charge < -0.3 is 9.32 Å². The number of aryl methyl sites for hydroxylation is 1. The summed E-state index contributed by atoms with van der Waals surface area (Å²) < 4.78 is 7.61. The highest BCUT2D eigenvalue weighted by Gasteiger charge is 2.10. The van der Waals surface area contributed by atoms with Gasteiger partial charge in [0.1, 0.15) is 5.82 Å². The molecule has 0 aliphatic rings. The molecule has 3 aromatic rings. The van der Waals surface area contributed by atoms with Crippen LogP contribution in [0.2, 0.25) is 0 Å². The van der Waals surface area contributed by atoms with Gasteiger partial charge in [0, 0.05) is 36.5 Å². The molecule has 20 heavy (non-hydrogen) atoms. The van der Waals surface area contributed by atoms with Crippen LogP contribution in [0, 0.1) is 0 Å². The fourth-order valence-corrected chi connectivity index (χ4v) is 2.26. The molecule has 0 aliphatic carbocycles. The van der Waals surface area contributed by atoms with Crippen molar-refractivity contribution in [3.63, 3.8) is 0 Å². The van der Waals surface area contributed by atoms with Crippen molar-refractivity contribution in [2.45, 2.75) is 0 Å². The molecule has 5 nitrogen and oxygen atoms in total. The van der Waals surface area contributed by atoms with Crippen LogP contribution in [0.1, 0.15) is 0 Å². The summed E-state index contributed by atoms with van der Waals surface area (Å²) in [6, 6.07) is 9.47. The fourth-order valence-electron chi connectivity index (χ4n) is 2.03. The van der Waals surface area contributed by atoms with Crippen molar-refractivity contribution in [3.05, 3.63) is 51.6 Å². The zero-order valence-electron chi connectivity index (χ0n) is 11.0. The summed E-state index contributed by atoms with van der Waals surface area (Å²) in [6.07, 6.45) is 1.74. The van der Waals surface area contributed by atoms with Gasteiger partial charge in [0.2, 0.25) is 0 Å². The van der Waals surface area contributed by atoms with Gasteiger partial charge in [0.15, 0.2) is 5.58 Å². The molecule has 3 rings (SSSR count). The molecule has 1 aromatic carbocycles. The molecule has 0 bridgehead atoms. The lowest BCUT2D eigenvalue weighted by molar-refractivity contribution is 0.528. The maximum absolute atomic E-state index is 11.5. The average Bonchev–Trinajstić information content (AvgIpc) is 2.74. The van der Waals surface area contributed by atoms with E-state index in [1.54, 1.807) is 13.2 Å². The van der Waals surface area contributed by atoms with Crippen molar-refractivity contribution in [1.29, 1.82) is 0 Å². The molecular formula is C14H12BrN3O2. The number of nitrogens with zero attached hydrogens (tertiary/aromatic N) is 3. The summed E-state index contributed by atoms with van der Waals surface area (Å²) in [7, 11) is 3.60. The molecule has 2 heterocycles. The zero-order chi connectivity index (χ0) is 14.3. The number of oxazole rings is 1. The number of rotatable bonds is 2. The van der Waals surface area contributed by atoms with E-state index in [1.165, 1.54) is 4.57 Å². The van der Waals surface area contributed by atoms with Crippen molar-refractivity contribution in [1.82, 2.24) is 9.55 Å². The van der Waals surface area contributed by atoms with Crippen LogP contribution in [0.5, 0.6) is 0 Å². The Balaban J connectivity index is 2.05. The van der Waals surface area contributed by atoms with Gasteiger partial charge in [0.05, 0.1) is 5.52 Å². The number of benzene rings is 1. The topological polar surface area (TPSA) is 51.3 Å². The fraction of sp³-hybridized carbons (Fsp3) is 0.143. The second-order valence-corrected chi connectivity index (χ2v) is 5.39. The van der Waals surface area contributed by atoms with E-state index in [0.717, 1.165) is 21.5 Å². The highest BCUT2D eigenvalue weighted by atomic mass is 79.9. The van der Waals surface area contributed by atoms with Crippen LogP contribution in [0.4, 0.5) is 11.5 Å². The van der Waals surface area contributed by atoms with Crippen molar-refractivity contribution in [2.24, 2.45) is 7.05 Å². The Morgan fingerprint density at radius 3 is 2.80 bits per heavy atom. The number of pyridine rings is 1. The Morgan fingerprint density at radius 1 is 1.30 bits per heavy atom. The smallest absolute Gasteiger partial charge is 0.408 e. The van der Waals surface area contributed by atoms with E-state index < -0.39 is 0 Å². The van der Waals surface area contributed by atoms with Crippen LogP contribution < -0.4 is 10.7 Å². The summed E-state index contributed by atoms with van der Waals surface area (Å²) in [4.78, 5) is 17.8. The van der Waals surface area contributed by atoms with Crippen molar-refractivity contribution >= 4 is 38.5 Å². The molecule has 0 N–H and O–H groups in total. The highest BCUT2D eigenvalue weighted by molar-refractivity contribution is 9.10. The van der Waals surface area contributed by atoms with Crippen LogP contribution in [0.25, 0.3) is 11.1 Å². The molecule has 0 atom stereocenters. The SMILES string of the molecule is CN(c1ccc2c(c1)oc(=O)n2C)c1ccc(Br)cn1. The summed E-state index contributed by atoms with van der Waals surface area (Å²) in [5.74, 6) is 0.451. The number of fused-ring (bicyclic) bond motifs is 1. The van der Waals surface area contributed by atoms with E-state index >= 15 is 0 Å². The first-order valence-electron chi connectivity index (χ1n) is 6.01. The van der Waals surface area contributed by atoms with E-state index in [2.05, 4.69) is 20.9 Å². The van der Waals surface area contributed by atoms with E-state index in [9.17, 15) is 4.79 Å². The molecule has 0 radical (unpaired) electrons. The van der Waals surface area contributed by atoms with Crippen molar-refractivity contribution in [3.8, 4) is 0 Å². The number of anilines is 2. The van der Waals surface area contributed by atoms with E-state index in [-0.39, 0.29) is 5.76 Å². The minimum atomic E-state index is -0.360. The zero-order valence-corrected chi connectivity index (χ0v) is 12.6. The first-order chi connectivity index (χ1) is 9.56. The van der Waals surface area contributed by atoms with Gasteiger partial charge in [-0.3, -0.25) is 4.57 Å². The van der Waals surface area contributed by atoms with Gasteiger partial charge in [-0.1, -0.05) is 0 Å². The van der Waals surface area contributed by atoms with Crippen LogP contribution in [-0.4, -0.2) is 16.6 Å². The van der Waals surface area contributed by atoms with Gasteiger partial charge in [-0.05, 0) is 40.2 Å². The third-order valence-electron chi connectivity index (χ3n) is 3.22. The lowest BCUT2D eigenvalue weighted by Crippen LogP contribution is -2.10. The number of aromatic nitrogens is 2. The predicted octanol–water partition coefficient (Wildman–Crippen LogP) is 3.06. The lowest BCUT2D eigenvalue weighted by Gasteiger charge is -2.18. The van der Waals surface area contributed by atoms with E-state index in [4.69, 9.17) is 4.42 Å². The molecule has 0 fully saturated rings. The number of hydrogen-bond acceptors (Lipinski definition) is 4. The third kappa shape index (κ3) is 2.12. The second-order valence-electron chi connectivity index (χ2n) is 4.47. The Morgan fingerprint density at radius 2 is 2.10 bits per heavy atom. The minimum Gasteiger partial charge on any atom is -0.408 e.